The third-order valence-corrected chi connectivity index (χ3v) is 5.94. The molecule has 2 aliphatic rings. The second kappa shape index (κ2) is 7.28. The van der Waals surface area contributed by atoms with Gasteiger partial charge in [0.15, 0.2) is 0 Å². The minimum atomic E-state index is -0.891. The number of aliphatic hydroxyl groups is 1. The number of rotatable bonds is 2. The molecule has 2 atom stereocenters. The Morgan fingerprint density at radius 3 is 2.36 bits per heavy atom. The van der Waals surface area contributed by atoms with Gasteiger partial charge in [0.2, 0.25) is 5.91 Å². The maximum Gasteiger partial charge on any atom is 0.253 e. The number of phenols is 1. The van der Waals surface area contributed by atoms with E-state index in [1.165, 1.54) is 0 Å². The average Bonchev–Trinajstić information content (AvgIpc) is 2.72. The molecular formula is C22H24N2O4. The van der Waals surface area contributed by atoms with Crippen molar-refractivity contribution < 1.29 is 19.8 Å². The molecule has 3 N–H and O–H groups in total. The van der Waals surface area contributed by atoms with Crippen molar-refractivity contribution in [1.29, 1.82) is 0 Å². The molecule has 0 aliphatic carbocycles. The fourth-order valence-electron chi connectivity index (χ4n) is 4.26. The zero-order valence-corrected chi connectivity index (χ0v) is 15.6. The number of nitrogens with one attached hydrogen (secondary N) is 1. The Morgan fingerprint density at radius 1 is 1.07 bits per heavy atom. The normalized spacial score (nSPS) is 24.8. The second-order valence-electron chi connectivity index (χ2n) is 7.67. The Bertz CT molecular complexity index is 878. The van der Waals surface area contributed by atoms with Crippen LogP contribution < -0.4 is 5.32 Å². The first-order valence-electron chi connectivity index (χ1n) is 9.65. The van der Waals surface area contributed by atoms with Crippen molar-refractivity contribution in [2.24, 2.45) is 5.41 Å². The number of carbonyl (C=O) groups excluding carboxylic acids is 2. The molecule has 6 nitrogen and oxygen atoms in total. The van der Waals surface area contributed by atoms with E-state index >= 15 is 0 Å². The minimum Gasteiger partial charge on any atom is -0.508 e. The van der Waals surface area contributed by atoms with Crippen LogP contribution in [0.3, 0.4) is 0 Å². The first-order chi connectivity index (χ1) is 13.5. The number of likely N-dealkylation sites (tertiary alicyclic amines) is 1. The maximum atomic E-state index is 13.0. The molecule has 0 unspecified atom stereocenters. The number of phenolic OH excluding ortho intramolecular Hbond substituents is 1. The molecule has 2 amide bonds. The van der Waals surface area contributed by atoms with Gasteiger partial charge in [-0.05, 0) is 54.7 Å². The van der Waals surface area contributed by atoms with Gasteiger partial charge in [0.1, 0.15) is 5.75 Å². The Labute approximate surface area is 163 Å². The molecule has 4 rings (SSSR count). The summed E-state index contributed by atoms with van der Waals surface area (Å²) in [5.74, 6) is -0.0585. The Kier molecular flexibility index (Phi) is 4.81. The third-order valence-electron chi connectivity index (χ3n) is 5.94. The summed E-state index contributed by atoms with van der Waals surface area (Å²) in [5.41, 5.74) is 1.58. The van der Waals surface area contributed by atoms with Gasteiger partial charge in [0.25, 0.3) is 5.91 Å². The Balaban J connectivity index is 1.52. The summed E-state index contributed by atoms with van der Waals surface area (Å²) in [7, 11) is 0. The van der Waals surface area contributed by atoms with Crippen molar-refractivity contribution in [3.8, 4) is 16.9 Å². The van der Waals surface area contributed by atoms with Crippen LogP contribution >= 0.6 is 0 Å². The van der Waals surface area contributed by atoms with Crippen LogP contribution in [0.25, 0.3) is 11.1 Å². The molecule has 2 aliphatic heterocycles. The molecule has 2 aromatic rings. The molecule has 28 heavy (non-hydrogen) atoms. The highest BCUT2D eigenvalue weighted by molar-refractivity contribution is 5.95. The Morgan fingerprint density at radius 2 is 1.71 bits per heavy atom. The van der Waals surface area contributed by atoms with Gasteiger partial charge in [-0.15, -0.1) is 0 Å². The van der Waals surface area contributed by atoms with Crippen LogP contribution in [-0.2, 0) is 4.79 Å². The van der Waals surface area contributed by atoms with Crippen LogP contribution in [0.4, 0.5) is 0 Å². The van der Waals surface area contributed by atoms with Gasteiger partial charge in [0, 0.05) is 25.2 Å². The van der Waals surface area contributed by atoms with Crippen molar-refractivity contribution in [1.82, 2.24) is 10.2 Å². The smallest absolute Gasteiger partial charge is 0.253 e. The number of benzene rings is 2. The van der Waals surface area contributed by atoms with Crippen LogP contribution in [0, 0.1) is 5.41 Å². The van der Waals surface area contributed by atoms with E-state index in [1.807, 2.05) is 24.3 Å². The van der Waals surface area contributed by atoms with E-state index in [0.717, 1.165) is 17.5 Å². The van der Waals surface area contributed by atoms with Crippen LogP contribution in [0.1, 0.15) is 29.6 Å². The number of nitrogens with zero attached hydrogens (tertiary/aromatic N) is 1. The molecule has 2 fully saturated rings. The fraction of sp³-hybridized carbons (Fsp3) is 0.364. The maximum absolute atomic E-state index is 13.0. The predicted octanol–water partition coefficient (Wildman–Crippen LogP) is 2.16. The number of aromatic hydroxyl groups is 1. The fourth-order valence-corrected chi connectivity index (χ4v) is 4.26. The van der Waals surface area contributed by atoms with E-state index in [0.29, 0.717) is 31.5 Å². The number of amides is 2. The van der Waals surface area contributed by atoms with Gasteiger partial charge < -0.3 is 20.4 Å². The van der Waals surface area contributed by atoms with Crippen LogP contribution in [0.2, 0.25) is 0 Å². The van der Waals surface area contributed by atoms with E-state index in [2.05, 4.69) is 5.32 Å². The highest BCUT2D eigenvalue weighted by atomic mass is 16.3. The van der Waals surface area contributed by atoms with Gasteiger partial charge in [-0.25, -0.2) is 0 Å². The quantitative estimate of drug-likeness (QED) is 0.745. The van der Waals surface area contributed by atoms with E-state index < -0.39 is 11.5 Å². The minimum absolute atomic E-state index is 0.123. The summed E-state index contributed by atoms with van der Waals surface area (Å²) < 4.78 is 0. The van der Waals surface area contributed by atoms with Crippen molar-refractivity contribution in [3.05, 3.63) is 54.1 Å². The third kappa shape index (κ3) is 3.24. The standard InChI is InChI=1S/C22H24N2O4/c25-18-8-6-16(7-9-18)15-2-4-17(5-3-15)20(27)24-13-10-19(26)22(14-24)11-1-12-23-21(22)28/h2-9,19,25-26H,1,10-14H2,(H,23,28)/t19-,22+/m0/s1. The number of carbonyl (C=O) groups is 2. The molecule has 2 aromatic carbocycles. The largest absolute Gasteiger partial charge is 0.508 e. The van der Waals surface area contributed by atoms with Gasteiger partial charge in [-0.1, -0.05) is 24.3 Å². The SMILES string of the molecule is O=C(c1ccc(-c2ccc(O)cc2)cc1)N1CC[C@H](O)[C@@]2(CCCNC2=O)C1. The molecule has 0 radical (unpaired) electrons. The lowest BCUT2D eigenvalue weighted by atomic mass is 9.71. The lowest BCUT2D eigenvalue weighted by molar-refractivity contribution is -0.147. The molecule has 0 saturated carbocycles. The van der Waals surface area contributed by atoms with Gasteiger partial charge in [-0.3, -0.25) is 9.59 Å². The first kappa shape index (κ1) is 18.5. The van der Waals surface area contributed by atoms with Crippen LogP contribution in [0.15, 0.2) is 48.5 Å². The van der Waals surface area contributed by atoms with Crippen LogP contribution in [-0.4, -0.2) is 52.7 Å². The van der Waals surface area contributed by atoms with E-state index in [9.17, 15) is 19.8 Å². The van der Waals surface area contributed by atoms with Crippen LogP contribution in [0.5, 0.6) is 5.75 Å². The van der Waals surface area contributed by atoms with E-state index in [1.54, 1.807) is 29.2 Å². The summed E-state index contributed by atoms with van der Waals surface area (Å²) >= 11 is 0. The average molecular weight is 380 g/mol. The van der Waals surface area contributed by atoms with E-state index in [4.69, 9.17) is 0 Å². The summed E-state index contributed by atoms with van der Waals surface area (Å²) in [4.78, 5) is 27.2. The molecule has 146 valence electrons. The molecule has 2 heterocycles. The number of aliphatic hydroxyl groups excluding tert-OH is 1. The molecule has 2 saturated heterocycles. The van der Waals surface area contributed by atoms with Crippen molar-refractivity contribution in [2.75, 3.05) is 19.6 Å². The van der Waals surface area contributed by atoms with E-state index in [-0.39, 0.29) is 24.1 Å². The van der Waals surface area contributed by atoms with Crippen molar-refractivity contribution in [2.45, 2.75) is 25.4 Å². The first-order valence-corrected chi connectivity index (χ1v) is 9.65. The topological polar surface area (TPSA) is 89.9 Å². The molecule has 0 bridgehead atoms. The zero-order chi connectivity index (χ0) is 19.7. The molecule has 1 spiro atoms. The molecular weight excluding hydrogens is 356 g/mol. The zero-order valence-electron chi connectivity index (χ0n) is 15.6. The molecule has 6 heteroatoms. The summed E-state index contributed by atoms with van der Waals surface area (Å²) in [6.45, 7) is 1.31. The summed E-state index contributed by atoms with van der Waals surface area (Å²) in [6, 6.07) is 14.2. The number of hydrogen-bond acceptors (Lipinski definition) is 4. The monoisotopic (exact) mass is 380 g/mol. The summed E-state index contributed by atoms with van der Waals surface area (Å²) in [5, 5.41) is 22.7. The lowest BCUT2D eigenvalue weighted by Gasteiger charge is -2.46. The highest BCUT2D eigenvalue weighted by Gasteiger charge is 2.50. The lowest BCUT2D eigenvalue weighted by Crippen LogP contribution is -2.62. The summed E-state index contributed by atoms with van der Waals surface area (Å²) in [6.07, 6.45) is 1.11. The van der Waals surface area contributed by atoms with Gasteiger partial charge in [-0.2, -0.15) is 0 Å². The predicted molar refractivity (Wildman–Crippen MR) is 105 cm³/mol. The van der Waals surface area contributed by atoms with Gasteiger partial charge in [0.05, 0.1) is 11.5 Å². The van der Waals surface area contributed by atoms with Crippen molar-refractivity contribution in [3.63, 3.8) is 0 Å². The molecule has 0 aromatic heterocycles. The van der Waals surface area contributed by atoms with Crippen molar-refractivity contribution >= 4 is 11.8 Å². The highest BCUT2D eigenvalue weighted by Crippen LogP contribution is 2.37. The Hall–Kier alpha value is -2.86. The number of piperidine rings is 2. The second-order valence-corrected chi connectivity index (χ2v) is 7.67. The number of hydrogen-bond donors (Lipinski definition) is 3. The van der Waals surface area contributed by atoms with Gasteiger partial charge >= 0.3 is 0 Å².